The third-order valence-corrected chi connectivity index (χ3v) is 2.65. The van der Waals surface area contributed by atoms with E-state index in [0.29, 0.717) is 6.04 Å². The van der Waals surface area contributed by atoms with Crippen molar-refractivity contribution in [2.45, 2.75) is 39.2 Å². The SMILES string of the molecule is CC(C)(C#N)CCNC1CCCOC1. The molecule has 0 amide bonds. The van der Waals surface area contributed by atoms with E-state index in [0.717, 1.165) is 32.6 Å². The molecule has 0 aliphatic carbocycles. The Kier molecular flexibility index (Phi) is 4.37. The van der Waals surface area contributed by atoms with E-state index in [4.69, 9.17) is 10.00 Å². The molecule has 1 aliphatic heterocycles. The molecule has 0 spiro atoms. The molecule has 0 aromatic carbocycles. The maximum atomic E-state index is 8.83. The number of nitrogens with zero attached hydrogens (tertiary/aromatic N) is 1. The fourth-order valence-corrected chi connectivity index (χ4v) is 1.55. The Bertz CT molecular complexity index is 202. The molecule has 1 fully saturated rings. The number of rotatable bonds is 4. The zero-order valence-electron chi connectivity index (χ0n) is 9.18. The first-order valence-corrected chi connectivity index (χ1v) is 5.36. The highest BCUT2D eigenvalue weighted by atomic mass is 16.5. The summed E-state index contributed by atoms with van der Waals surface area (Å²) in [6.07, 6.45) is 3.26. The van der Waals surface area contributed by atoms with Gasteiger partial charge in [0.15, 0.2) is 0 Å². The minimum absolute atomic E-state index is 0.206. The Hall–Kier alpha value is -0.590. The highest BCUT2D eigenvalue weighted by Gasteiger charge is 2.18. The highest BCUT2D eigenvalue weighted by Crippen LogP contribution is 2.17. The molecule has 1 saturated heterocycles. The Morgan fingerprint density at radius 3 is 2.93 bits per heavy atom. The number of hydrogen-bond acceptors (Lipinski definition) is 3. The average Bonchev–Trinajstić information content (AvgIpc) is 2.19. The minimum Gasteiger partial charge on any atom is -0.380 e. The van der Waals surface area contributed by atoms with Crippen LogP contribution in [0.25, 0.3) is 0 Å². The molecule has 3 heteroatoms. The van der Waals surface area contributed by atoms with Gasteiger partial charge < -0.3 is 10.1 Å². The summed E-state index contributed by atoms with van der Waals surface area (Å²) in [5.41, 5.74) is -0.206. The Morgan fingerprint density at radius 1 is 1.57 bits per heavy atom. The van der Waals surface area contributed by atoms with Crippen LogP contribution in [0.3, 0.4) is 0 Å². The van der Waals surface area contributed by atoms with Crippen molar-refractivity contribution in [3.05, 3.63) is 0 Å². The summed E-state index contributed by atoms with van der Waals surface area (Å²) in [5, 5.41) is 12.3. The van der Waals surface area contributed by atoms with Crippen LogP contribution in [0.5, 0.6) is 0 Å². The first-order valence-electron chi connectivity index (χ1n) is 5.36. The zero-order valence-corrected chi connectivity index (χ0v) is 9.18. The molecule has 0 aromatic rings. The second-order valence-electron chi connectivity index (χ2n) is 4.61. The van der Waals surface area contributed by atoms with Gasteiger partial charge in [-0.15, -0.1) is 0 Å². The fourth-order valence-electron chi connectivity index (χ4n) is 1.55. The molecule has 0 aromatic heterocycles. The van der Waals surface area contributed by atoms with Gasteiger partial charge in [0.05, 0.1) is 18.1 Å². The Morgan fingerprint density at radius 2 is 2.36 bits per heavy atom. The molecule has 1 rings (SSSR count). The van der Waals surface area contributed by atoms with Gasteiger partial charge in [-0.2, -0.15) is 5.26 Å². The van der Waals surface area contributed by atoms with E-state index in [2.05, 4.69) is 11.4 Å². The quantitative estimate of drug-likeness (QED) is 0.744. The number of ether oxygens (including phenoxy) is 1. The zero-order chi connectivity index (χ0) is 10.4. The lowest BCUT2D eigenvalue weighted by molar-refractivity contribution is 0.0698. The van der Waals surface area contributed by atoms with Crippen molar-refractivity contribution >= 4 is 0 Å². The van der Waals surface area contributed by atoms with E-state index in [-0.39, 0.29) is 5.41 Å². The van der Waals surface area contributed by atoms with Gasteiger partial charge in [-0.3, -0.25) is 0 Å². The lowest BCUT2D eigenvalue weighted by atomic mass is 9.91. The van der Waals surface area contributed by atoms with Crippen molar-refractivity contribution in [2.75, 3.05) is 19.8 Å². The van der Waals surface area contributed by atoms with E-state index < -0.39 is 0 Å². The summed E-state index contributed by atoms with van der Waals surface area (Å²) >= 11 is 0. The van der Waals surface area contributed by atoms with Crippen molar-refractivity contribution < 1.29 is 4.74 Å². The molecule has 0 bridgehead atoms. The minimum atomic E-state index is -0.206. The van der Waals surface area contributed by atoms with Crippen molar-refractivity contribution in [2.24, 2.45) is 5.41 Å². The van der Waals surface area contributed by atoms with Crippen LogP contribution >= 0.6 is 0 Å². The van der Waals surface area contributed by atoms with Crippen LogP contribution < -0.4 is 5.32 Å². The molecular formula is C11H20N2O. The van der Waals surface area contributed by atoms with Crippen molar-refractivity contribution in [3.63, 3.8) is 0 Å². The van der Waals surface area contributed by atoms with E-state index in [1.807, 2.05) is 13.8 Å². The normalized spacial score (nSPS) is 23.1. The predicted molar refractivity (Wildman–Crippen MR) is 55.9 cm³/mol. The van der Waals surface area contributed by atoms with Crippen molar-refractivity contribution in [3.8, 4) is 6.07 Å². The maximum Gasteiger partial charge on any atom is 0.0684 e. The smallest absolute Gasteiger partial charge is 0.0684 e. The van der Waals surface area contributed by atoms with Crippen molar-refractivity contribution in [1.82, 2.24) is 5.32 Å². The largest absolute Gasteiger partial charge is 0.380 e. The number of hydrogen-bond donors (Lipinski definition) is 1. The Balaban J connectivity index is 2.12. The van der Waals surface area contributed by atoms with Gasteiger partial charge in [0, 0.05) is 12.6 Å². The first-order chi connectivity index (χ1) is 6.64. The molecular weight excluding hydrogens is 176 g/mol. The summed E-state index contributed by atoms with van der Waals surface area (Å²) in [5.74, 6) is 0. The van der Waals surface area contributed by atoms with Crippen LogP contribution in [0.15, 0.2) is 0 Å². The standard InChI is InChI=1S/C11H20N2O/c1-11(2,9-12)5-6-13-10-4-3-7-14-8-10/h10,13H,3-8H2,1-2H3. The van der Waals surface area contributed by atoms with Gasteiger partial charge in [-0.05, 0) is 39.7 Å². The summed E-state index contributed by atoms with van der Waals surface area (Å²) < 4.78 is 5.36. The third kappa shape index (κ3) is 4.08. The van der Waals surface area contributed by atoms with Crippen LogP contribution in [0.2, 0.25) is 0 Å². The van der Waals surface area contributed by atoms with E-state index in [1.54, 1.807) is 0 Å². The summed E-state index contributed by atoms with van der Waals surface area (Å²) in [6.45, 7) is 6.60. The lowest BCUT2D eigenvalue weighted by Crippen LogP contribution is -2.38. The number of nitrogens with one attached hydrogen (secondary N) is 1. The predicted octanol–water partition coefficient (Wildman–Crippen LogP) is 1.69. The molecule has 1 unspecified atom stereocenters. The first kappa shape index (κ1) is 11.5. The van der Waals surface area contributed by atoms with E-state index in [9.17, 15) is 0 Å². The second kappa shape index (κ2) is 5.33. The van der Waals surface area contributed by atoms with Crippen molar-refractivity contribution in [1.29, 1.82) is 5.26 Å². The van der Waals surface area contributed by atoms with Crippen LogP contribution in [0, 0.1) is 16.7 Å². The van der Waals surface area contributed by atoms with Gasteiger partial charge in [0.25, 0.3) is 0 Å². The molecule has 3 nitrogen and oxygen atoms in total. The lowest BCUT2D eigenvalue weighted by Gasteiger charge is -2.24. The van der Waals surface area contributed by atoms with Crippen LogP contribution in [0.1, 0.15) is 33.1 Å². The fraction of sp³-hybridized carbons (Fsp3) is 0.909. The second-order valence-corrected chi connectivity index (χ2v) is 4.61. The van der Waals surface area contributed by atoms with Gasteiger partial charge in [0.2, 0.25) is 0 Å². The average molecular weight is 196 g/mol. The molecule has 1 atom stereocenters. The summed E-state index contributed by atoms with van der Waals surface area (Å²) in [4.78, 5) is 0. The van der Waals surface area contributed by atoms with E-state index >= 15 is 0 Å². The van der Waals surface area contributed by atoms with Gasteiger partial charge in [-0.25, -0.2) is 0 Å². The molecule has 1 N–H and O–H groups in total. The third-order valence-electron chi connectivity index (χ3n) is 2.65. The summed E-state index contributed by atoms with van der Waals surface area (Å²) in [7, 11) is 0. The van der Waals surface area contributed by atoms with Gasteiger partial charge in [0.1, 0.15) is 0 Å². The van der Waals surface area contributed by atoms with Crippen LogP contribution in [-0.2, 0) is 4.74 Å². The van der Waals surface area contributed by atoms with Gasteiger partial charge >= 0.3 is 0 Å². The topological polar surface area (TPSA) is 45.0 Å². The molecule has 80 valence electrons. The summed E-state index contributed by atoms with van der Waals surface area (Å²) in [6, 6.07) is 2.81. The monoisotopic (exact) mass is 196 g/mol. The Labute approximate surface area is 86.4 Å². The molecule has 14 heavy (non-hydrogen) atoms. The molecule has 0 saturated carbocycles. The van der Waals surface area contributed by atoms with Crippen LogP contribution in [-0.4, -0.2) is 25.8 Å². The van der Waals surface area contributed by atoms with Gasteiger partial charge in [-0.1, -0.05) is 0 Å². The maximum absolute atomic E-state index is 8.83. The molecule has 1 aliphatic rings. The molecule has 1 heterocycles. The molecule has 0 radical (unpaired) electrons. The van der Waals surface area contributed by atoms with E-state index in [1.165, 1.54) is 6.42 Å². The number of nitriles is 1. The highest BCUT2D eigenvalue weighted by molar-refractivity contribution is 4.92. The van der Waals surface area contributed by atoms with Crippen LogP contribution in [0.4, 0.5) is 0 Å².